The summed E-state index contributed by atoms with van der Waals surface area (Å²) in [5, 5.41) is 56.1. The van der Waals surface area contributed by atoms with Gasteiger partial charge in [-0.15, -0.1) is 0 Å². The topological polar surface area (TPSA) is 237 Å². The minimum atomic E-state index is -2.12. The quantitative estimate of drug-likeness (QED) is 0.184. The Bertz CT molecular complexity index is 1990. The third kappa shape index (κ3) is 8.12. The number of benzene rings is 2. The zero-order chi connectivity index (χ0) is 43.5. The summed E-state index contributed by atoms with van der Waals surface area (Å²) in [6.45, 7) is 6.57. The molecule has 17 heteroatoms. The van der Waals surface area contributed by atoms with E-state index in [0.29, 0.717) is 12.8 Å². The molecule has 0 amide bonds. The van der Waals surface area contributed by atoms with Crippen LogP contribution in [0.3, 0.4) is 0 Å². The van der Waals surface area contributed by atoms with Crippen LogP contribution >= 0.6 is 0 Å². The second-order valence-corrected chi connectivity index (χ2v) is 17.0. The molecule has 0 aromatic heterocycles. The van der Waals surface area contributed by atoms with Gasteiger partial charge in [0.25, 0.3) is 0 Å². The van der Waals surface area contributed by atoms with Gasteiger partial charge in [-0.2, -0.15) is 0 Å². The van der Waals surface area contributed by atoms with E-state index < -0.39 is 132 Å². The molecule has 328 valence electrons. The Balaban J connectivity index is 1.16. The van der Waals surface area contributed by atoms with E-state index in [0.717, 1.165) is 7.11 Å². The average molecular weight is 842 g/mol. The van der Waals surface area contributed by atoms with Gasteiger partial charge in [-0.25, -0.2) is 0 Å². The molecule has 3 heterocycles. The molecule has 2 aromatic rings. The normalized spacial score (nSPS) is 36.6. The molecular formula is C43H55NO16. The molecule has 17 nitrogen and oxygen atoms in total. The first-order valence-corrected chi connectivity index (χ1v) is 20.4. The lowest BCUT2D eigenvalue weighted by Crippen LogP contribution is -2.58. The van der Waals surface area contributed by atoms with Crippen molar-refractivity contribution in [2.45, 2.75) is 151 Å². The van der Waals surface area contributed by atoms with E-state index in [1.54, 1.807) is 20.8 Å². The smallest absolute Gasteiger partial charge is 0.316 e. The molecule has 7 rings (SSSR count). The largest absolute Gasteiger partial charge is 0.507 e. The molecule has 14 atom stereocenters. The van der Waals surface area contributed by atoms with Gasteiger partial charge in [0.2, 0.25) is 5.78 Å². The molecule has 3 aliphatic heterocycles. The van der Waals surface area contributed by atoms with Crippen molar-refractivity contribution in [1.29, 1.82) is 0 Å². The maximum Gasteiger partial charge on any atom is 0.316 e. The van der Waals surface area contributed by atoms with Crippen LogP contribution in [0.15, 0.2) is 24.3 Å². The van der Waals surface area contributed by atoms with Crippen molar-refractivity contribution in [2.75, 3.05) is 21.2 Å². The van der Waals surface area contributed by atoms with Gasteiger partial charge in [0.15, 0.2) is 24.7 Å². The number of rotatable bonds is 10. The number of nitrogens with zero attached hydrogens (tertiary/aromatic N) is 1. The van der Waals surface area contributed by atoms with Gasteiger partial charge in [-0.05, 0) is 65.9 Å². The fourth-order valence-corrected chi connectivity index (χ4v) is 9.63. The number of aliphatic hydroxyl groups excluding tert-OH is 2. The van der Waals surface area contributed by atoms with Crippen LogP contribution in [0.5, 0.6) is 11.5 Å². The third-order valence-corrected chi connectivity index (χ3v) is 12.5. The first kappa shape index (κ1) is 44.2. The van der Waals surface area contributed by atoms with Gasteiger partial charge in [0, 0.05) is 54.8 Å². The number of aromatic hydroxyl groups is 2. The molecule has 5 aliphatic rings. The lowest BCUT2D eigenvalue weighted by molar-refractivity contribution is -0.328. The fraction of sp³-hybridized carbons (Fsp3) is 0.628. The number of phenolic OH excluding ortho intramolecular Hbond substituents is 2. The molecule has 0 bridgehead atoms. The van der Waals surface area contributed by atoms with E-state index in [-0.39, 0.29) is 46.7 Å². The Kier molecular flexibility index (Phi) is 12.6. The van der Waals surface area contributed by atoms with Crippen LogP contribution in [0.2, 0.25) is 0 Å². The molecule has 0 saturated carbocycles. The number of hydrogen-bond acceptors (Lipinski definition) is 17. The minimum absolute atomic E-state index is 0.0661. The van der Waals surface area contributed by atoms with Crippen molar-refractivity contribution in [2.24, 2.45) is 0 Å². The molecule has 3 fully saturated rings. The number of ketones is 3. The SMILES string of the molecule is COC(=O)[C@@H]1c2cc3c(c(O)c2[C@@H](O[C@H]2C[C@H](N(C)C)[C@H](O[C@H]4C[C@H](O)[C@H](O[C@H]5CC[C@@H](O)[C@H](C)O5)[C@H](C)O4)[C@H](C)O2)C[C@]1(O)CC(C)=O)C(=O)c1c(O)cccc1C3=O. The molecule has 0 spiro atoms. The summed E-state index contributed by atoms with van der Waals surface area (Å²) in [5.74, 6) is -5.65. The second kappa shape index (κ2) is 17.1. The number of aliphatic hydroxyl groups is 3. The highest BCUT2D eigenvalue weighted by molar-refractivity contribution is 6.30. The zero-order valence-corrected chi connectivity index (χ0v) is 34.7. The summed E-state index contributed by atoms with van der Waals surface area (Å²) >= 11 is 0. The van der Waals surface area contributed by atoms with Crippen LogP contribution in [0.4, 0.5) is 0 Å². The highest BCUT2D eigenvalue weighted by Gasteiger charge is 2.55. The first-order chi connectivity index (χ1) is 28.3. The van der Waals surface area contributed by atoms with E-state index in [1.165, 1.54) is 31.2 Å². The number of hydrogen-bond donors (Lipinski definition) is 5. The van der Waals surface area contributed by atoms with Crippen LogP contribution in [-0.2, 0) is 42.7 Å². The maximum absolute atomic E-state index is 14.0. The fourth-order valence-electron chi connectivity index (χ4n) is 9.63. The van der Waals surface area contributed by atoms with E-state index in [2.05, 4.69) is 0 Å². The van der Waals surface area contributed by atoms with Crippen molar-refractivity contribution < 1.29 is 77.9 Å². The number of esters is 1. The number of carbonyl (C=O) groups is 4. The summed E-state index contributed by atoms with van der Waals surface area (Å²) in [6.07, 6.45) is -7.97. The molecule has 60 heavy (non-hydrogen) atoms. The van der Waals surface area contributed by atoms with Crippen molar-refractivity contribution in [3.63, 3.8) is 0 Å². The molecular weight excluding hydrogens is 786 g/mol. The molecule has 2 aliphatic carbocycles. The Hall–Kier alpha value is -3.88. The molecule has 0 radical (unpaired) electrons. The maximum atomic E-state index is 14.0. The summed E-state index contributed by atoms with van der Waals surface area (Å²) < 4.78 is 42.7. The van der Waals surface area contributed by atoms with Crippen LogP contribution in [0.1, 0.15) is 121 Å². The van der Waals surface area contributed by atoms with Gasteiger partial charge in [-0.3, -0.25) is 19.2 Å². The lowest BCUT2D eigenvalue weighted by atomic mass is 9.66. The Labute approximate surface area is 347 Å². The van der Waals surface area contributed by atoms with E-state index in [9.17, 15) is 44.7 Å². The van der Waals surface area contributed by atoms with Crippen LogP contribution < -0.4 is 0 Å². The van der Waals surface area contributed by atoms with Gasteiger partial charge in [0.1, 0.15) is 35.4 Å². The molecule has 3 saturated heterocycles. The van der Waals surface area contributed by atoms with E-state index in [4.69, 9.17) is 33.2 Å². The number of ether oxygens (including phenoxy) is 7. The highest BCUT2D eigenvalue weighted by atomic mass is 16.7. The number of Topliss-reactive ketones (excluding diaryl/α,β-unsaturated/α-hetero) is 1. The van der Waals surface area contributed by atoms with Crippen LogP contribution in [0.25, 0.3) is 0 Å². The molecule has 5 N–H and O–H groups in total. The van der Waals surface area contributed by atoms with Crippen molar-refractivity contribution in [1.82, 2.24) is 4.90 Å². The first-order valence-electron chi connectivity index (χ1n) is 20.4. The van der Waals surface area contributed by atoms with Gasteiger partial charge < -0.3 is 63.6 Å². The number of fused-ring (bicyclic) bond motifs is 3. The van der Waals surface area contributed by atoms with Gasteiger partial charge in [-0.1, -0.05) is 12.1 Å². The van der Waals surface area contributed by atoms with Crippen LogP contribution in [-0.4, -0.2) is 148 Å². The Morgan fingerprint density at radius 1 is 0.833 bits per heavy atom. The van der Waals surface area contributed by atoms with Crippen molar-refractivity contribution >= 4 is 23.3 Å². The van der Waals surface area contributed by atoms with Crippen molar-refractivity contribution in [3.8, 4) is 11.5 Å². The van der Waals surface area contributed by atoms with Gasteiger partial charge >= 0.3 is 5.97 Å². The average Bonchev–Trinajstić information content (AvgIpc) is 3.16. The summed E-state index contributed by atoms with van der Waals surface area (Å²) in [7, 11) is 4.79. The zero-order valence-electron chi connectivity index (χ0n) is 34.7. The summed E-state index contributed by atoms with van der Waals surface area (Å²) in [4.78, 5) is 55.9. The standard InChI is InChI=1S/C43H55NO16/c1-18(45)16-43(53)17-29(34-23(36(43)42(52)54-7)13-24-35(39(34)51)38(50)33-22(37(24)49)9-8-10-27(33)47)58-31-14-25(44(5)6)40(20(3)56-31)60-32-15-28(48)41(21(4)57-32)59-30-12-11-26(46)19(2)55-30/h8-10,13,19-21,25-26,28-32,36,40-41,46-48,51,53H,11-12,14-17H2,1-7H3/t19-,20-,21-,25-,26+,28-,29-,30-,31-,32-,36-,40+,41+,43+/m0/s1. The van der Waals surface area contributed by atoms with E-state index >= 15 is 0 Å². The van der Waals surface area contributed by atoms with Crippen LogP contribution in [0, 0.1) is 0 Å². The number of methoxy groups -OCH3 is 1. The lowest BCUT2D eigenvalue weighted by Gasteiger charge is -2.48. The Morgan fingerprint density at radius 3 is 2.12 bits per heavy atom. The number of phenols is 2. The summed E-state index contributed by atoms with van der Waals surface area (Å²) in [6, 6.07) is 4.88. The molecule has 2 aromatic carbocycles. The highest BCUT2D eigenvalue weighted by Crippen LogP contribution is 2.54. The predicted molar refractivity (Wildman–Crippen MR) is 207 cm³/mol. The molecule has 0 unspecified atom stereocenters. The third-order valence-electron chi connectivity index (χ3n) is 12.5. The van der Waals surface area contributed by atoms with Crippen molar-refractivity contribution in [3.05, 3.63) is 57.6 Å². The van der Waals surface area contributed by atoms with Gasteiger partial charge in [0.05, 0.1) is 60.5 Å². The summed E-state index contributed by atoms with van der Waals surface area (Å²) in [5.41, 5.74) is -3.33. The second-order valence-electron chi connectivity index (χ2n) is 17.0. The van der Waals surface area contributed by atoms with E-state index in [1.807, 2.05) is 19.0 Å². The predicted octanol–water partition coefficient (Wildman–Crippen LogP) is 2.52. The monoisotopic (exact) mass is 841 g/mol. The number of carbonyl (C=O) groups excluding carboxylic acids is 4. The minimum Gasteiger partial charge on any atom is -0.507 e. The Morgan fingerprint density at radius 2 is 1.48 bits per heavy atom. The number of likely N-dealkylation sites (N-methyl/N-ethyl adjacent to an activating group) is 1.